The van der Waals surface area contributed by atoms with Crippen LogP contribution in [0.25, 0.3) is 10.9 Å². The lowest BCUT2D eigenvalue weighted by Crippen LogP contribution is -2.36. The van der Waals surface area contributed by atoms with Crippen molar-refractivity contribution < 1.29 is 18.7 Å². The number of pyridine rings is 1. The number of piperidine rings is 1. The molecule has 2 unspecified atom stereocenters. The molecular formula is C27H28FN5O3. The zero-order valence-corrected chi connectivity index (χ0v) is 20.1. The topological polar surface area (TPSA) is 89.4 Å². The third-order valence-electron chi connectivity index (χ3n) is 6.43. The molecule has 1 saturated heterocycles. The van der Waals surface area contributed by atoms with E-state index in [1.165, 1.54) is 0 Å². The van der Waals surface area contributed by atoms with Crippen molar-refractivity contribution in [2.45, 2.75) is 18.5 Å². The van der Waals surface area contributed by atoms with Crippen LogP contribution in [0.5, 0.6) is 17.2 Å². The van der Waals surface area contributed by atoms with Crippen molar-refractivity contribution >= 4 is 22.6 Å². The van der Waals surface area contributed by atoms with E-state index in [1.54, 1.807) is 37.6 Å². The summed E-state index contributed by atoms with van der Waals surface area (Å²) in [4.78, 5) is 17.1. The maximum atomic E-state index is 14.2. The summed E-state index contributed by atoms with van der Waals surface area (Å²) in [5.41, 5.74) is 5.42. The molecule has 4 aromatic rings. The SMILES string of the molecule is CNn1ccc2cc(Oc3ccnc(NC(=O)c4ccc(C5CCNCC5F)cc4)c3)c(OC)cc21. The lowest BCUT2D eigenvalue weighted by molar-refractivity contribution is 0.102. The van der Waals surface area contributed by atoms with Crippen molar-refractivity contribution in [1.82, 2.24) is 15.0 Å². The predicted octanol–water partition coefficient (Wildman–Crippen LogP) is 4.68. The van der Waals surface area contributed by atoms with E-state index in [1.807, 2.05) is 48.3 Å². The second kappa shape index (κ2) is 10.2. The van der Waals surface area contributed by atoms with E-state index in [2.05, 4.69) is 21.0 Å². The first-order valence-corrected chi connectivity index (χ1v) is 11.8. The van der Waals surface area contributed by atoms with Gasteiger partial charge in [-0.25, -0.2) is 9.37 Å². The maximum Gasteiger partial charge on any atom is 0.256 e. The number of aromatic nitrogens is 2. The van der Waals surface area contributed by atoms with Gasteiger partial charge in [-0.15, -0.1) is 0 Å². The quantitative estimate of drug-likeness (QED) is 0.349. The Bertz CT molecular complexity index is 1370. The number of carbonyl (C=O) groups excluding carboxylic acids is 1. The molecular weight excluding hydrogens is 461 g/mol. The van der Waals surface area contributed by atoms with Crippen LogP contribution in [-0.4, -0.2) is 49.0 Å². The molecule has 0 spiro atoms. The van der Waals surface area contributed by atoms with Gasteiger partial charge in [-0.1, -0.05) is 12.1 Å². The number of methoxy groups -OCH3 is 1. The predicted molar refractivity (Wildman–Crippen MR) is 138 cm³/mol. The highest BCUT2D eigenvalue weighted by atomic mass is 19.1. The Hall–Kier alpha value is -4.11. The van der Waals surface area contributed by atoms with Gasteiger partial charge in [0.05, 0.1) is 12.6 Å². The molecule has 0 bridgehead atoms. The van der Waals surface area contributed by atoms with E-state index in [9.17, 15) is 9.18 Å². The van der Waals surface area contributed by atoms with Crippen LogP contribution in [0, 0.1) is 0 Å². The third kappa shape index (κ3) is 4.83. The summed E-state index contributed by atoms with van der Waals surface area (Å²) in [7, 11) is 3.42. The minimum absolute atomic E-state index is 0.146. The maximum absolute atomic E-state index is 14.2. The number of alkyl halides is 1. The van der Waals surface area contributed by atoms with Crippen LogP contribution < -0.4 is 25.5 Å². The van der Waals surface area contributed by atoms with Gasteiger partial charge >= 0.3 is 0 Å². The number of amides is 1. The van der Waals surface area contributed by atoms with Gasteiger partial charge in [0.15, 0.2) is 11.5 Å². The summed E-state index contributed by atoms with van der Waals surface area (Å²) in [5.74, 6) is 1.52. The summed E-state index contributed by atoms with van der Waals surface area (Å²) in [6.07, 6.45) is 3.30. The second-order valence-corrected chi connectivity index (χ2v) is 8.64. The first-order chi connectivity index (χ1) is 17.6. The Labute approximate surface area is 208 Å². The van der Waals surface area contributed by atoms with Crippen LogP contribution in [-0.2, 0) is 0 Å². The highest BCUT2D eigenvalue weighted by molar-refractivity contribution is 6.03. The van der Waals surface area contributed by atoms with E-state index in [0.717, 1.165) is 29.4 Å². The van der Waals surface area contributed by atoms with Crippen molar-refractivity contribution in [1.29, 1.82) is 0 Å². The summed E-state index contributed by atoms with van der Waals surface area (Å²) < 4.78 is 27.7. The molecule has 0 aliphatic carbocycles. The molecule has 36 heavy (non-hydrogen) atoms. The highest BCUT2D eigenvalue weighted by Gasteiger charge is 2.26. The Morgan fingerprint density at radius 1 is 1.14 bits per heavy atom. The van der Waals surface area contributed by atoms with E-state index in [-0.39, 0.29) is 11.8 Å². The Morgan fingerprint density at radius 3 is 2.72 bits per heavy atom. The fourth-order valence-electron chi connectivity index (χ4n) is 4.51. The van der Waals surface area contributed by atoms with Gasteiger partial charge in [0.2, 0.25) is 0 Å². The summed E-state index contributed by atoms with van der Waals surface area (Å²) in [6, 6.07) is 16.2. The molecule has 0 radical (unpaired) electrons. The van der Waals surface area contributed by atoms with E-state index >= 15 is 0 Å². The minimum Gasteiger partial charge on any atom is -0.493 e. The number of benzene rings is 2. The van der Waals surface area contributed by atoms with E-state index in [4.69, 9.17) is 9.47 Å². The summed E-state index contributed by atoms with van der Waals surface area (Å²) in [6.45, 7) is 1.15. The van der Waals surface area contributed by atoms with Gasteiger partial charge in [-0.2, -0.15) is 0 Å². The molecule has 2 atom stereocenters. The van der Waals surface area contributed by atoms with Crippen LogP contribution in [0.2, 0.25) is 0 Å². The number of anilines is 1. The van der Waals surface area contributed by atoms with Gasteiger partial charge < -0.3 is 25.5 Å². The van der Waals surface area contributed by atoms with Gasteiger partial charge in [-0.05, 0) is 48.9 Å². The van der Waals surface area contributed by atoms with Gasteiger partial charge in [-0.3, -0.25) is 9.47 Å². The summed E-state index contributed by atoms with van der Waals surface area (Å²) >= 11 is 0. The van der Waals surface area contributed by atoms with E-state index < -0.39 is 6.17 Å². The lowest BCUT2D eigenvalue weighted by Gasteiger charge is -2.27. The first-order valence-electron chi connectivity index (χ1n) is 11.8. The number of halogens is 1. The largest absolute Gasteiger partial charge is 0.493 e. The highest BCUT2D eigenvalue weighted by Crippen LogP contribution is 2.36. The van der Waals surface area contributed by atoms with Crippen molar-refractivity contribution in [2.24, 2.45) is 0 Å². The number of rotatable bonds is 7. The zero-order valence-electron chi connectivity index (χ0n) is 20.1. The number of ether oxygens (including phenoxy) is 2. The van der Waals surface area contributed by atoms with Crippen LogP contribution in [0.4, 0.5) is 10.2 Å². The first kappa shape index (κ1) is 23.6. The number of hydrogen-bond acceptors (Lipinski definition) is 6. The van der Waals surface area contributed by atoms with Crippen LogP contribution in [0.3, 0.4) is 0 Å². The van der Waals surface area contributed by atoms with Gasteiger partial charge in [0.1, 0.15) is 17.7 Å². The number of carbonyl (C=O) groups is 1. The molecule has 5 rings (SSSR count). The van der Waals surface area contributed by atoms with Crippen molar-refractivity contribution in [2.75, 3.05) is 38.0 Å². The molecule has 1 amide bonds. The minimum atomic E-state index is -0.923. The fraction of sp³-hybridized carbons (Fsp3) is 0.259. The van der Waals surface area contributed by atoms with Crippen LogP contribution in [0.15, 0.2) is 67.0 Å². The van der Waals surface area contributed by atoms with Crippen LogP contribution in [0.1, 0.15) is 28.3 Å². The molecule has 0 saturated carbocycles. The Kier molecular flexibility index (Phi) is 6.73. The second-order valence-electron chi connectivity index (χ2n) is 8.64. The Morgan fingerprint density at radius 2 is 1.97 bits per heavy atom. The average molecular weight is 490 g/mol. The fourth-order valence-corrected chi connectivity index (χ4v) is 4.51. The molecule has 3 N–H and O–H groups in total. The molecule has 3 heterocycles. The average Bonchev–Trinajstić information content (AvgIpc) is 3.30. The van der Waals surface area contributed by atoms with Crippen LogP contribution >= 0.6 is 0 Å². The van der Waals surface area contributed by atoms with Crippen molar-refractivity contribution in [3.05, 3.63) is 78.1 Å². The monoisotopic (exact) mass is 489 g/mol. The molecule has 2 aromatic heterocycles. The number of nitrogens with zero attached hydrogens (tertiary/aromatic N) is 2. The van der Waals surface area contributed by atoms with Gasteiger partial charge in [0.25, 0.3) is 5.91 Å². The molecule has 9 heteroatoms. The van der Waals surface area contributed by atoms with Crippen molar-refractivity contribution in [3.63, 3.8) is 0 Å². The Balaban J connectivity index is 1.30. The lowest BCUT2D eigenvalue weighted by atomic mass is 9.88. The number of nitrogens with one attached hydrogen (secondary N) is 3. The molecule has 2 aromatic carbocycles. The van der Waals surface area contributed by atoms with Crippen molar-refractivity contribution in [3.8, 4) is 17.2 Å². The molecule has 186 valence electrons. The zero-order chi connectivity index (χ0) is 25.1. The molecule has 1 fully saturated rings. The number of fused-ring (bicyclic) bond motifs is 1. The normalized spacial score (nSPS) is 17.5. The third-order valence-corrected chi connectivity index (χ3v) is 6.43. The van der Waals surface area contributed by atoms with Gasteiger partial charge in [0, 0.05) is 55.0 Å². The van der Waals surface area contributed by atoms with E-state index in [0.29, 0.717) is 35.2 Å². The molecule has 1 aliphatic rings. The smallest absolute Gasteiger partial charge is 0.256 e. The molecule has 8 nitrogen and oxygen atoms in total. The summed E-state index contributed by atoms with van der Waals surface area (Å²) in [5, 5.41) is 6.85. The number of hydrogen-bond donors (Lipinski definition) is 3. The molecule has 1 aliphatic heterocycles. The standard InChI is InChI=1S/C27H28FN5O3/c1-29-33-12-9-19-13-25(24(35-2)15-23(19)33)36-20-7-11-31-26(14-20)32-27(34)18-5-3-17(4-6-18)21-8-10-30-16-22(21)28/h3-7,9,11-15,21-22,29-30H,8,10,16H2,1-2H3,(H,31,32,34).